The molecule has 1 aromatic rings. The lowest BCUT2D eigenvalue weighted by Crippen LogP contribution is -2.47. The minimum Gasteiger partial charge on any atom is -0.392 e. The van der Waals surface area contributed by atoms with Gasteiger partial charge in [-0.15, -0.1) is 0 Å². The van der Waals surface area contributed by atoms with Gasteiger partial charge in [-0.1, -0.05) is 36.8 Å². The topological polar surface area (TPSA) is 60.9 Å². The van der Waals surface area contributed by atoms with Crippen molar-refractivity contribution in [3.05, 3.63) is 35.9 Å². The Labute approximate surface area is 156 Å². The molecule has 2 fully saturated rings. The summed E-state index contributed by atoms with van der Waals surface area (Å²) in [5, 5.41) is 10.5. The van der Waals surface area contributed by atoms with Crippen LogP contribution in [0.3, 0.4) is 0 Å². The van der Waals surface area contributed by atoms with E-state index < -0.39 is 0 Å². The van der Waals surface area contributed by atoms with E-state index in [1.807, 2.05) is 35.2 Å². The number of amides is 2. The Balaban J connectivity index is 1.45. The number of benzene rings is 1. The van der Waals surface area contributed by atoms with Crippen molar-refractivity contribution in [3.8, 4) is 0 Å². The van der Waals surface area contributed by atoms with Crippen LogP contribution in [0, 0.1) is 5.92 Å². The summed E-state index contributed by atoms with van der Waals surface area (Å²) in [6.07, 6.45) is 5.54. The van der Waals surface area contributed by atoms with Gasteiger partial charge in [0.05, 0.1) is 12.6 Å². The number of rotatable bonds is 5. The Morgan fingerprint density at radius 1 is 1.08 bits per heavy atom. The van der Waals surface area contributed by atoms with E-state index in [-0.39, 0.29) is 30.4 Å². The summed E-state index contributed by atoms with van der Waals surface area (Å²) in [6.45, 7) is 2.28. The van der Waals surface area contributed by atoms with Gasteiger partial charge in [0, 0.05) is 26.1 Å². The van der Waals surface area contributed by atoms with E-state index in [1.54, 1.807) is 4.90 Å². The second-order valence-corrected chi connectivity index (χ2v) is 7.60. The number of likely N-dealkylation sites (tertiary alicyclic amines) is 2. The first-order valence-corrected chi connectivity index (χ1v) is 9.91. The number of aliphatic hydroxyl groups is 1. The first kappa shape index (κ1) is 18.9. The molecule has 142 valence electrons. The highest BCUT2D eigenvalue weighted by atomic mass is 16.3. The van der Waals surface area contributed by atoms with Crippen LogP contribution in [0.4, 0.5) is 0 Å². The fourth-order valence-corrected chi connectivity index (χ4v) is 4.02. The van der Waals surface area contributed by atoms with Crippen LogP contribution in [0.1, 0.15) is 44.1 Å². The fourth-order valence-electron chi connectivity index (χ4n) is 4.02. The summed E-state index contributed by atoms with van der Waals surface area (Å²) >= 11 is 0. The molecule has 2 aliphatic heterocycles. The Morgan fingerprint density at radius 2 is 1.81 bits per heavy atom. The molecule has 26 heavy (non-hydrogen) atoms. The first-order chi connectivity index (χ1) is 12.6. The molecule has 5 heteroatoms. The van der Waals surface area contributed by atoms with Gasteiger partial charge in [0.15, 0.2) is 0 Å². The van der Waals surface area contributed by atoms with Crippen molar-refractivity contribution in [2.75, 3.05) is 26.2 Å². The smallest absolute Gasteiger partial charge is 0.242 e. The molecule has 0 aliphatic carbocycles. The first-order valence-electron chi connectivity index (χ1n) is 9.91. The molecule has 2 amide bonds. The molecule has 2 saturated heterocycles. The summed E-state index contributed by atoms with van der Waals surface area (Å²) in [5.74, 6) is 0.402. The van der Waals surface area contributed by atoms with Crippen LogP contribution in [0.5, 0.6) is 0 Å². The largest absolute Gasteiger partial charge is 0.392 e. The van der Waals surface area contributed by atoms with Gasteiger partial charge in [-0.25, -0.2) is 0 Å². The zero-order valence-electron chi connectivity index (χ0n) is 15.5. The minimum atomic E-state index is -0.359. The summed E-state index contributed by atoms with van der Waals surface area (Å²) in [4.78, 5) is 28.2. The Hall–Kier alpha value is -1.88. The second-order valence-electron chi connectivity index (χ2n) is 7.60. The molecule has 0 radical (unpaired) electrons. The van der Waals surface area contributed by atoms with Crippen molar-refractivity contribution >= 4 is 11.8 Å². The van der Waals surface area contributed by atoms with Crippen molar-refractivity contribution in [3.63, 3.8) is 0 Å². The lowest BCUT2D eigenvalue weighted by Gasteiger charge is -2.35. The minimum absolute atomic E-state index is 0.0521. The average molecular weight is 358 g/mol. The Morgan fingerprint density at radius 3 is 2.54 bits per heavy atom. The molecule has 0 bridgehead atoms. The zero-order valence-corrected chi connectivity index (χ0v) is 15.5. The quantitative estimate of drug-likeness (QED) is 0.878. The third-order valence-electron chi connectivity index (χ3n) is 5.72. The lowest BCUT2D eigenvalue weighted by atomic mass is 9.88. The average Bonchev–Trinajstić information content (AvgIpc) is 2.87. The van der Waals surface area contributed by atoms with Crippen molar-refractivity contribution in [2.24, 2.45) is 5.92 Å². The fraction of sp³-hybridized carbons (Fsp3) is 0.619. The van der Waals surface area contributed by atoms with Gasteiger partial charge in [-0.05, 0) is 43.6 Å². The van der Waals surface area contributed by atoms with Gasteiger partial charge < -0.3 is 14.9 Å². The third-order valence-corrected chi connectivity index (χ3v) is 5.72. The number of hydrogen-bond donors (Lipinski definition) is 1. The molecule has 3 rings (SSSR count). The SMILES string of the molecule is O=C(CN1CCCCCC1=O)N1CCC([C@@H](O)Cc2ccccc2)CC1. The lowest BCUT2D eigenvalue weighted by molar-refractivity contribution is -0.141. The molecule has 1 aromatic carbocycles. The van der Waals surface area contributed by atoms with Crippen LogP contribution in [0.25, 0.3) is 0 Å². The normalized spacial score (nSPS) is 20.7. The molecular weight excluding hydrogens is 328 g/mol. The van der Waals surface area contributed by atoms with Crippen molar-refractivity contribution in [1.82, 2.24) is 9.80 Å². The summed E-state index contributed by atoms with van der Waals surface area (Å²) < 4.78 is 0. The zero-order chi connectivity index (χ0) is 18.4. The highest BCUT2D eigenvalue weighted by molar-refractivity contribution is 5.85. The predicted octanol–water partition coefficient (Wildman–Crippen LogP) is 2.23. The van der Waals surface area contributed by atoms with Crippen LogP contribution < -0.4 is 0 Å². The molecule has 2 heterocycles. The van der Waals surface area contributed by atoms with Crippen LogP contribution in [-0.2, 0) is 16.0 Å². The summed E-state index contributed by atoms with van der Waals surface area (Å²) in [6, 6.07) is 10.1. The molecule has 2 aliphatic rings. The molecular formula is C21H30N2O3. The van der Waals surface area contributed by atoms with Gasteiger partial charge in [-0.3, -0.25) is 9.59 Å². The highest BCUT2D eigenvalue weighted by Crippen LogP contribution is 2.23. The van der Waals surface area contributed by atoms with Crippen molar-refractivity contribution < 1.29 is 14.7 Å². The summed E-state index contributed by atoms with van der Waals surface area (Å²) in [5.41, 5.74) is 1.15. The number of piperidine rings is 1. The number of nitrogens with zero attached hydrogens (tertiary/aromatic N) is 2. The molecule has 5 nitrogen and oxygen atoms in total. The van der Waals surface area contributed by atoms with Crippen molar-refractivity contribution in [1.29, 1.82) is 0 Å². The number of aliphatic hydroxyl groups excluding tert-OH is 1. The van der Waals surface area contributed by atoms with E-state index in [0.717, 1.165) is 37.7 Å². The van der Waals surface area contributed by atoms with E-state index in [1.165, 1.54) is 0 Å². The maximum absolute atomic E-state index is 12.6. The molecule has 0 saturated carbocycles. The van der Waals surface area contributed by atoms with E-state index in [2.05, 4.69) is 0 Å². The molecule has 1 N–H and O–H groups in total. The van der Waals surface area contributed by atoms with Crippen LogP contribution in [-0.4, -0.2) is 59.0 Å². The standard InChI is InChI=1S/C21H30N2O3/c24-19(15-17-7-3-1-4-8-17)18-10-13-22(14-11-18)21(26)16-23-12-6-2-5-9-20(23)25/h1,3-4,7-8,18-19,24H,2,5-6,9-16H2/t19-/m0/s1. The molecule has 0 unspecified atom stereocenters. The van der Waals surface area contributed by atoms with Gasteiger partial charge >= 0.3 is 0 Å². The van der Waals surface area contributed by atoms with E-state index in [0.29, 0.717) is 32.5 Å². The molecule has 0 spiro atoms. The van der Waals surface area contributed by atoms with Crippen LogP contribution >= 0.6 is 0 Å². The number of carbonyl (C=O) groups is 2. The molecule has 0 aromatic heterocycles. The molecule has 1 atom stereocenters. The highest BCUT2D eigenvalue weighted by Gasteiger charge is 2.29. The van der Waals surface area contributed by atoms with Crippen LogP contribution in [0.15, 0.2) is 30.3 Å². The monoisotopic (exact) mass is 358 g/mol. The van der Waals surface area contributed by atoms with E-state index in [4.69, 9.17) is 0 Å². The van der Waals surface area contributed by atoms with E-state index in [9.17, 15) is 14.7 Å². The Kier molecular flexibility index (Phi) is 6.67. The van der Waals surface area contributed by atoms with Gasteiger partial charge in [0.25, 0.3) is 0 Å². The number of hydrogen-bond acceptors (Lipinski definition) is 3. The van der Waals surface area contributed by atoms with Crippen LogP contribution in [0.2, 0.25) is 0 Å². The van der Waals surface area contributed by atoms with Gasteiger partial charge in [-0.2, -0.15) is 0 Å². The van der Waals surface area contributed by atoms with Gasteiger partial charge in [0.2, 0.25) is 11.8 Å². The Bertz CT molecular complexity index is 597. The number of carbonyl (C=O) groups excluding carboxylic acids is 2. The maximum atomic E-state index is 12.6. The third kappa shape index (κ3) is 5.07. The predicted molar refractivity (Wildman–Crippen MR) is 101 cm³/mol. The van der Waals surface area contributed by atoms with Gasteiger partial charge in [0.1, 0.15) is 0 Å². The maximum Gasteiger partial charge on any atom is 0.242 e. The van der Waals surface area contributed by atoms with E-state index >= 15 is 0 Å². The van der Waals surface area contributed by atoms with Crippen molar-refractivity contribution in [2.45, 2.75) is 51.0 Å². The summed E-state index contributed by atoms with van der Waals surface area (Å²) in [7, 11) is 0. The second kappa shape index (κ2) is 9.17.